The van der Waals surface area contributed by atoms with E-state index in [9.17, 15) is 14.7 Å². The molecule has 3 N–H and O–H groups in total. The first-order valence-corrected chi connectivity index (χ1v) is 6.37. The maximum Gasteiger partial charge on any atom is 0.326 e. The Balaban J connectivity index is 2.38. The highest BCUT2D eigenvalue weighted by atomic mass is 16.4. The molecule has 0 bridgehead atoms. The zero-order valence-electron chi connectivity index (χ0n) is 10.9. The van der Waals surface area contributed by atoms with E-state index in [1.54, 1.807) is 0 Å². The molecule has 1 rings (SSSR count). The van der Waals surface area contributed by atoms with E-state index in [2.05, 4.69) is 19.2 Å². The van der Waals surface area contributed by atoms with Crippen molar-refractivity contribution in [1.82, 2.24) is 10.2 Å². The highest BCUT2D eigenvalue weighted by Crippen LogP contribution is 2.18. The lowest BCUT2D eigenvalue weighted by atomic mass is 10.1. The van der Waals surface area contributed by atoms with Gasteiger partial charge in [0.15, 0.2) is 0 Å². The quantitative estimate of drug-likeness (QED) is 0.632. The third-order valence-electron chi connectivity index (χ3n) is 3.06. The van der Waals surface area contributed by atoms with Gasteiger partial charge in [-0.3, -0.25) is 0 Å². The molecular formula is C12H22N2O4. The topological polar surface area (TPSA) is 89.9 Å². The van der Waals surface area contributed by atoms with Gasteiger partial charge < -0.3 is 20.4 Å². The summed E-state index contributed by atoms with van der Waals surface area (Å²) in [6.07, 6.45) is 1.25. The van der Waals surface area contributed by atoms with Crippen LogP contribution in [0.5, 0.6) is 0 Å². The van der Waals surface area contributed by atoms with Crippen LogP contribution in [0.2, 0.25) is 0 Å². The summed E-state index contributed by atoms with van der Waals surface area (Å²) < 4.78 is 0. The molecule has 0 aliphatic carbocycles. The van der Waals surface area contributed by atoms with Crippen LogP contribution in [-0.2, 0) is 4.79 Å². The van der Waals surface area contributed by atoms with Gasteiger partial charge in [-0.05, 0) is 18.8 Å². The number of likely N-dealkylation sites (tertiary alicyclic amines) is 1. The van der Waals surface area contributed by atoms with E-state index in [0.29, 0.717) is 12.5 Å². The second-order valence-corrected chi connectivity index (χ2v) is 5.16. The van der Waals surface area contributed by atoms with Crippen molar-refractivity contribution < 1.29 is 19.8 Å². The minimum atomic E-state index is -1.07. The van der Waals surface area contributed by atoms with Crippen molar-refractivity contribution in [2.45, 2.75) is 45.3 Å². The van der Waals surface area contributed by atoms with Gasteiger partial charge in [-0.1, -0.05) is 13.8 Å². The Morgan fingerprint density at radius 1 is 1.44 bits per heavy atom. The minimum Gasteiger partial charge on any atom is -0.480 e. The van der Waals surface area contributed by atoms with Crippen LogP contribution in [0.15, 0.2) is 0 Å². The Morgan fingerprint density at radius 2 is 2.11 bits per heavy atom. The van der Waals surface area contributed by atoms with Crippen LogP contribution in [0.4, 0.5) is 4.79 Å². The number of amides is 2. The fraction of sp³-hybridized carbons (Fsp3) is 0.833. The Labute approximate surface area is 107 Å². The number of aliphatic carboxylic acids is 1. The van der Waals surface area contributed by atoms with Crippen molar-refractivity contribution in [3.63, 3.8) is 0 Å². The monoisotopic (exact) mass is 258 g/mol. The molecule has 0 spiro atoms. The van der Waals surface area contributed by atoms with Gasteiger partial charge in [-0.15, -0.1) is 0 Å². The third kappa shape index (κ3) is 4.18. The number of nitrogens with one attached hydrogen (secondary N) is 1. The SMILES string of the molecule is CC(C)CCCNC(=O)N1C[C@H](O)C[C@@H]1C(=O)O. The maximum atomic E-state index is 11.8. The molecule has 1 aliphatic heterocycles. The molecule has 0 saturated carbocycles. The van der Waals surface area contributed by atoms with Crippen LogP contribution >= 0.6 is 0 Å². The van der Waals surface area contributed by atoms with Crippen molar-refractivity contribution in [3.8, 4) is 0 Å². The summed E-state index contributed by atoms with van der Waals surface area (Å²) in [4.78, 5) is 23.9. The fourth-order valence-corrected chi connectivity index (χ4v) is 2.08. The van der Waals surface area contributed by atoms with Gasteiger partial charge in [0, 0.05) is 19.5 Å². The largest absolute Gasteiger partial charge is 0.480 e. The summed E-state index contributed by atoms with van der Waals surface area (Å²) >= 11 is 0. The highest BCUT2D eigenvalue weighted by Gasteiger charge is 2.38. The molecular weight excluding hydrogens is 236 g/mol. The van der Waals surface area contributed by atoms with E-state index >= 15 is 0 Å². The number of carbonyl (C=O) groups is 2. The number of carboxylic acids is 1. The van der Waals surface area contributed by atoms with Gasteiger partial charge in [0.1, 0.15) is 6.04 Å². The summed E-state index contributed by atoms with van der Waals surface area (Å²) in [6, 6.07) is -1.31. The lowest BCUT2D eigenvalue weighted by molar-refractivity contribution is -0.141. The number of hydrogen-bond acceptors (Lipinski definition) is 3. The Hall–Kier alpha value is -1.30. The molecule has 2 amide bonds. The molecule has 1 saturated heterocycles. The van der Waals surface area contributed by atoms with Crippen molar-refractivity contribution in [1.29, 1.82) is 0 Å². The molecule has 6 heteroatoms. The maximum absolute atomic E-state index is 11.8. The van der Waals surface area contributed by atoms with E-state index in [4.69, 9.17) is 5.11 Å². The fourth-order valence-electron chi connectivity index (χ4n) is 2.08. The molecule has 0 radical (unpaired) electrons. The lowest BCUT2D eigenvalue weighted by Crippen LogP contribution is -2.46. The molecule has 6 nitrogen and oxygen atoms in total. The molecule has 0 aromatic carbocycles. The van der Waals surface area contributed by atoms with E-state index in [1.165, 1.54) is 4.90 Å². The highest BCUT2D eigenvalue weighted by molar-refractivity contribution is 5.83. The van der Waals surface area contributed by atoms with Gasteiger partial charge in [-0.25, -0.2) is 9.59 Å². The van der Waals surface area contributed by atoms with Crippen LogP contribution in [0.1, 0.15) is 33.1 Å². The van der Waals surface area contributed by atoms with Gasteiger partial charge in [0.25, 0.3) is 0 Å². The minimum absolute atomic E-state index is 0.0903. The normalized spacial score (nSPS) is 23.4. The first-order chi connectivity index (χ1) is 8.41. The van der Waals surface area contributed by atoms with Crippen LogP contribution in [0.25, 0.3) is 0 Å². The summed E-state index contributed by atoms with van der Waals surface area (Å²) in [5.74, 6) is -0.480. The van der Waals surface area contributed by atoms with Crippen LogP contribution in [0.3, 0.4) is 0 Å². The lowest BCUT2D eigenvalue weighted by Gasteiger charge is -2.21. The summed E-state index contributed by atoms with van der Waals surface area (Å²) in [6.45, 7) is 4.85. The zero-order valence-corrected chi connectivity index (χ0v) is 10.9. The first-order valence-electron chi connectivity index (χ1n) is 6.37. The predicted molar refractivity (Wildman–Crippen MR) is 66.2 cm³/mol. The van der Waals surface area contributed by atoms with Crippen molar-refractivity contribution in [3.05, 3.63) is 0 Å². The molecule has 0 aromatic heterocycles. The van der Waals surface area contributed by atoms with Crippen LogP contribution in [0, 0.1) is 5.92 Å². The average Bonchev–Trinajstić information content (AvgIpc) is 2.66. The van der Waals surface area contributed by atoms with E-state index in [-0.39, 0.29) is 13.0 Å². The zero-order chi connectivity index (χ0) is 13.7. The number of aliphatic hydroxyl groups is 1. The van der Waals surface area contributed by atoms with Gasteiger partial charge in [0.05, 0.1) is 6.10 Å². The summed E-state index contributed by atoms with van der Waals surface area (Å²) in [5, 5.41) is 21.1. The molecule has 18 heavy (non-hydrogen) atoms. The number of β-amino-alcohol motifs (C(OH)–C–C–N with tert-alkyl or cyclic N) is 1. The molecule has 1 aliphatic rings. The number of carbonyl (C=O) groups excluding carboxylic acids is 1. The Bertz CT molecular complexity index is 306. The Morgan fingerprint density at radius 3 is 2.67 bits per heavy atom. The second-order valence-electron chi connectivity index (χ2n) is 5.16. The predicted octanol–water partition coefficient (Wildman–Crippen LogP) is 0.652. The van der Waals surface area contributed by atoms with Crippen LogP contribution < -0.4 is 5.32 Å². The van der Waals surface area contributed by atoms with Gasteiger partial charge in [0.2, 0.25) is 0 Å². The number of nitrogens with zero attached hydrogens (tertiary/aromatic N) is 1. The molecule has 104 valence electrons. The average molecular weight is 258 g/mol. The van der Waals surface area contributed by atoms with Crippen molar-refractivity contribution in [2.24, 2.45) is 5.92 Å². The number of rotatable bonds is 5. The molecule has 2 atom stereocenters. The molecule has 0 unspecified atom stereocenters. The summed E-state index contributed by atoms with van der Waals surface area (Å²) in [7, 11) is 0. The van der Waals surface area contributed by atoms with E-state index < -0.39 is 24.1 Å². The van der Waals surface area contributed by atoms with E-state index in [1.807, 2.05) is 0 Å². The smallest absolute Gasteiger partial charge is 0.326 e. The number of urea groups is 1. The number of aliphatic hydroxyl groups excluding tert-OH is 1. The number of carboxylic acid groups (broad SMARTS) is 1. The van der Waals surface area contributed by atoms with Gasteiger partial charge in [-0.2, -0.15) is 0 Å². The second kappa shape index (κ2) is 6.58. The van der Waals surface area contributed by atoms with Crippen LogP contribution in [-0.4, -0.2) is 52.3 Å². The van der Waals surface area contributed by atoms with Gasteiger partial charge >= 0.3 is 12.0 Å². The van der Waals surface area contributed by atoms with E-state index in [0.717, 1.165) is 12.8 Å². The first kappa shape index (κ1) is 14.8. The van der Waals surface area contributed by atoms with Crippen molar-refractivity contribution >= 4 is 12.0 Å². The molecule has 1 heterocycles. The molecule has 1 fully saturated rings. The molecule has 0 aromatic rings. The summed E-state index contributed by atoms with van der Waals surface area (Å²) in [5.41, 5.74) is 0. The van der Waals surface area contributed by atoms with Crippen molar-refractivity contribution in [2.75, 3.05) is 13.1 Å². The standard InChI is InChI=1S/C12H22N2O4/c1-8(2)4-3-5-13-12(18)14-7-9(15)6-10(14)11(16)17/h8-10,15H,3-7H2,1-2H3,(H,13,18)(H,16,17)/t9-,10-/m1/s1. The number of hydrogen-bond donors (Lipinski definition) is 3. The third-order valence-corrected chi connectivity index (χ3v) is 3.06. The Kier molecular flexibility index (Phi) is 5.40.